The van der Waals surface area contributed by atoms with Crippen LogP contribution in [-0.4, -0.2) is 91.9 Å². The summed E-state index contributed by atoms with van der Waals surface area (Å²) in [4.78, 5) is 47.3. The molecule has 1 aromatic heterocycles. The fourth-order valence-electron chi connectivity index (χ4n) is 3.94. The predicted octanol–water partition coefficient (Wildman–Crippen LogP) is -0.830. The maximum absolute atomic E-state index is 12.4. The first-order valence-electron chi connectivity index (χ1n) is 10.9. The van der Waals surface area contributed by atoms with Crippen molar-refractivity contribution in [2.45, 2.75) is 69.7 Å². The molecule has 0 spiro atoms. The first kappa shape index (κ1) is 29.3. The molecule has 9 atom stereocenters. The Hall–Kier alpha value is -1.26. The molecule has 1 aromatic rings. The van der Waals surface area contributed by atoms with Gasteiger partial charge in [0.1, 0.15) is 18.4 Å². The van der Waals surface area contributed by atoms with E-state index < -0.39 is 76.5 Å². The van der Waals surface area contributed by atoms with Gasteiger partial charge in [-0.05, 0) is 34.4 Å². The molecule has 206 valence electrons. The lowest BCUT2D eigenvalue weighted by atomic mass is 9.99. The molecule has 2 saturated heterocycles. The largest absolute Gasteiger partial charge is 0.483 e. The number of aromatic amines is 1. The molecule has 0 aromatic carbocycles. The Labute approximate surface area is 205 Å². The fraction of sp³-hybridized carbons (Fsp3) is 0.778. The van der Waals surface area contributed by atoms with Gasteiger partial charge in [0.15, 0.2) is 6.29 Å². The molecule has 2 aliphatic heterocycles. The Bertz CT molecular complexity index is 1140. The van der Waals surface area contributed by atoms with E-state index in [9.17, 15) is 38.7 Å². The van der Waals surface area contributed by atoms with E-state index in [0.29, 0.717) is 6.42 Å². The van der Waals surface area contributed by atoms with Crippen molar-refractivity contribution in [3.8, 4) is 0 Å². The number of phosphoric ester groups is 2. The molecule has 3 rings (SSSR count). The van der Waals surface area contributed by atoms with Gasteiger partial charge in [0.2, 0.25) is 0 Å². The molecular weight excluding hydrogens is 528 g/mol. The number of aliphatic hydroxyl groups is 2. The van der Waals surface area contributed by atoms with Gasteiger partial charge in [-0.3, -0.25) is 23.4 Å². The van der Waals surface area contributed by atoms with Crippen molar-refractivity contribution in [1.82, 2.24) is 14.5 Å². The first-order valence-corrected chi connectivity index (χ1v) is 13.9. The first-order chi connectivity index (χ1) is 16.6. The standard InChI is InChI=1S/C18H31N3O13P2/c1-9-7-21(18(25)19-16(9)24)14-6-12(22)13(32-14)8-30-35(26,27)34-36(28,29)33-17-15(23)11(20(3)4)5-10(2)31-17/h7,10-15,17,22-23H,5-6,8H2,1-4H3,(H,26,27)(H,28,29)(H,19,24,25)/t10?,11-,12+,13+,14+,15?,17+/m0/s1. The van der Waals surface area contributed by atoms with Crippen LogP contribution in [0.4, 0.5) is 0 Å². The molecule has 0 bridgehead atoms. The maximum Gasteiger partial charge on any atom is 0.483 e. The minimum Gasteiger partial charge on any atom is -0.390 e. The summed E-state index contributed by atoms with van der Waals surface area (Å²) in [6, 6.07) is -0.483. The van der Waals surface area contributed by atoms with E-state index in [2.05, 4.69) is 9.29 Å². The van der Waals surface area contributed by atoms with E-state index >= 15 is 0 Å². The average Bonchev–Trinajstić information content (AvgIpc) is 3.10. The Morgan fingerprint density at radius 3 is 2.47 bits per heavy atom. The van der Waals surface area contributed by atoms with Crippen LogP contribution in [0.15, 0.2) is 15.8 Å². The molecule has 3 heterocycles. The molecule has 4 unspecified atom stereocenters. The predicted molar refractivity (Wildman–Crippen MR) is 121 cm³/mol. The molecule has 2 fully saturated rings. The summed E-state index contributed by atoms with van der Waals surface area (Å²) in [5.41, 5.74) is -1.14. The number of H-pyrrole nitrogens is 1. The van der Waals surface area contributed by atoms with Crippen LogP contribution in [-0.2, 0) is 32.0 Å². The van der Waals surface area contributed by atoms with Crippen LogP contribution in [0.2, 0.25) is 0 Å². The third kappa shape index (κ3) is 7.19. The second-order valence-electron chi connectivity index (χ2n) is 8.90. The molecular formula is C18H31N3O13P2. The smallest absolute Gasteiger partial charge is 0.390 e. The number of aromatic nitrogens is 2. The Kier molecular flexibility index (Phi) is 9.14. The summed E-state index contributed by atoms with van der Waals surface area (Å²) in [6.07, 6.45) is -5.40. The van der Waals surface area contributed by atoms with E-state index in [-0.39, 0.29) is 12.0 Å². The molecule has 36 heavy (non-hydrogen) atoms. The Morgan fingerprint density at radius 1 is 1.17 bits per heavy atom. The van der Waals surface area contributed by atoms with Crippen molar-refractivity contribution in [3.05, 3.63) is 32.6 Å². The topological polar surface area (TPSA) is 219 Å². The van der Waals surface area contributed by atoms with Crippen molar-refractivity contribution in [1.29, 1.82) is 0 Å². The number of hydrogen-bond acceptors (Lipinski definition) is 12. The van der Waals surface area contributed by atoms with Crippen LogP contribution in [0.5, 0.6) is 0 Å². The number of nitrogens with one attached hydrogen (secondary N) is 1. The van der Waals surface area contributed by atoms with Crippen molar-refractivity contribution in [2.75, 3.05) is 20.7 Å². The van der Waals surface area contributed by atoms with Gasteiger partial charge in [0.05, 0.1) is 18.8 Å². The summed E-state index contributed by atoms with van der Waals surface area (Å²) in [5.74, 6) is 0. The molecule has 16 nitrogen and oxygen atoms in total. The van der Waals surface area contributed by atoms with E-state index in [4.69, 9.17) is 18.5 Å². The molecule has 0 aliphatic carbocycles. The molecule has 0 amide bonds. The minimum absolute atomic E-state index is 0.111. The SMILES string of the molecule is Cc1cn([C@H]2C[C@@H](O)[C@@H](COP(=O)(O)OP(=O)(O)O[C@H]3OC(C)C[C@H](N(C)C)C3O)O2)c(=O)[nH]c1=O. The zero-order valence-corrected chi connectivity index (χ0v) is 21.8. The second kappa shape index (κ2) is 11.2. The molecule has 0 radical (unpaired) electrons. The van der Waals surface area contributed by atoms with E-state index in [1.54, 1.807) is 25.9 Å². The van der Waals surface area contributed by atoms with Crippen LogP contribution in [0.25, 0.3) is 0 Å². The number of likely N-dealkylation sites (N-methyl/N-ethyl adjacent to an activating group) is 1. The third-order valence-electron chi connectivity index (χ3n) is 5.78. The summed E-state index contributed by atoms with van der Waals surface area (Å²) in [5, 5.41) is 20.6. The summed E-state index contributed by atoms with van der Waals surface area (Å²) in [6.45, 7) is 2.36. The molecule has 18 heteroatoms. The van der Waals surface area contributed by atoms with Crippen molar-refractivity contribution in [2.24, 2.45) is 0 Å². The summed E-state index contributed by atoms with van der Waals surface area (Å²) >= 11 is 0. The fourth-order valence-corrected chi connectivity index (χ4v) is 6.10. The van der Waals surface area contributed by atoms with Crippen molar-refractivity contribution in [3.63, 3.8) is 0 Å². The van der Waals surface area contributed by atoms with Gasteiger partial charge in [0, 0.05) is 24.2 Å². The number of ether oxygens (including phenoxy) is 2. The number of aryl methyl sites for hydroxylation is 1. The van der Waals surface area contributed by atoms with Gasteiger partial charge >= 0.3 is 21.3 Å². The van der Waals surface area contributed by atoms with Gasteiger partial charge in [-0.25, -0.2) is 13.9 Å². The highest BCUT2D eigenvalue weighted by atomic mass is 31.3. The lowest BCUT2D eigenvalue weighted by Gasteiger charge is -2.40. The highest BCUT2D eigenvalue weighted by Gasteiger charge is 2.45. The van der Waals surface area contributed by atoms with Crippen LogP contribution in [0, 0.1) is 6.92 Å². The van der Waals surface area contributed by atoms with Gasteiger partial charge < -0.3 is 34.4 Å². The van der Waals surface area contributed by atoms with Crippen molar-refractivity contribution < 1.29 is 52.0 Å². The van der Waals surface area contributed by atoms with Crippen LogP contribution in [0.3, 0.4) is 0 Å². The number of aliphatic hydroxyl groups excluding tert-OH is 2. The second-order valence-corrected chi connectivity index (χ2v) is 11.9. The monoisotopic (exact) mass is 559 g/mol. The lowest BCUT2D eigenvalue weighted by Crippen LogP contribution is -2.53. The van der Waals surface area contributed by atoms with E-state index in [1.165, 1.54) is 13.1 Å². The zero-order chi connectivity index (χ0) is 27.0. The lowest BCUT2D eigenvalue weighted by molar-refractivity contribution is -0.222. The number of hydrogen-bond donors (Lipinski definition) is 5. The highest BCUT2D eigenvalue weighted by molar-refractivity contribution is 7.61. The van der Waals surface area contributed by atoms with E-state index in [0.717, 1.165) is 4.57 Å². The molecule has 0 saturated carbocycles. The zero-order valence-electron chi connectivity index (χ0n) is 20.0. The van der Waals surface area contributed by atoms with E-state index in [1.807, 2.05) is 0 Å². The van der Waals surface area contributed by atoms with Gasteiger partial charge in [-0.15, -0.1) is 0 Å². The highest BCUT2D eigenvalue weighted by Crippen LogP contribution is 2.61. The van der Waals surface area contributed by atoms with Gasteiger partial charge in [-0.2, -0.15) is 4.31 Å². The summed E-state index contributed by atoms with van der Waals surface area (Å²) in [7, 11) is -7.14. The van der Waals surface area contributed by atoms with Crippen LogP contribution >= 0.6 is 15.6 Å². The third-order valence-corrected chi connectivity index (χ3v) is 8.38. The normalized spacial score (nSPS) is 34.4. The number of nitrogens with zero attached hydrogens (tertiary/aromatic N) is 2. The Morgan fingerprint density at radius 2 is 1.83 bits per heavy atom. The quantitative estimate of drug-likeness (QED) is 0.233. The van der Waals surface area contributed by atoms with Crippen LogP contribution in [0.1, 0.15) is 31.6 Å². The molecule has 5 N–H and O–H groups in total. The molecule has 2 aliphatic rings. The van der Waals surface area contributed by atoms with Crippen molar-refractivity contribution >= 4 is 15.6 Å². The summed E-state index contributed by atoms with van der Waals surface area (Å²) < 4.78 is 50.4. The van der Waals surface area contributed by atoms with Gasteiger partial charge in [-0.1, -0.05) is 0 Å². The van der Waals surface area contributed by atoms with Gasteiger partial charge in [0.25, 0.3) is 5.56 Å². The van der Waals surface area contributed by atoms with Crippen LogP contribution < -0.4 is 11.2 Å². The minimum atomic E-state index is -5.28. The average molecular weight is 559 g/mol. The number of phosphoric acid groups is 2. The Balaban J connectivity index is 1.59. The maximum atomic E-state index is 12.4. The number of rotatable bonds is 9.